The number of ether oxygens (including phenoxy) is 1. The van der Waals surface area contributed by atoms with Gasteiger partial charge in [-0.3, -0.25) is 4.79 Å². The number of rotatable bonds is 16. The van der Waals surface area contributed by atoms with E-state index in [-0.39, 0.29) is 17.3 Å². The summed E-state index contributed by atoms with van der Waals surface area (Å²) in [5.74, 6) is 0.0978. The van der Waals surface area contributed by atoms with Gasteiger partial charge >= 0.3 is 5.97 Å². The summed E-state index contributed by atoms with van der Waals surface area (Å²) in [7, 11) is 0. The molecule has 0 fully saturated rings. The van der Waals surface area contributed by atoms with Crippen LogP contribution in [-0.2, 0) is 9.53 Å². The van der Waals surface area contributed by atoms with E-state index in [1.54, 1.807) is 5.57 Å². The van der Waals surface area contributed by atoms with Crippen LogP contribution in [0.15, 0.2) is 11.6 Å². The summed E-state index contributed by atoms with van der Waals surface area (Å²) < 4.78 is 5.91. The van der Waals surface area contributed by atoms with E-state index in [1.807, 2.05) is 0 Å². The number of allylic oxidation sites excluding steroid dienone is 1. The van der Waals surface area contributed by atoms with Crippen LogP contribution in [0.5, 0.6) is 0 Å². The maximum Gasteiger partial charge on any atom is 0.308 e. The quantitative estimate of drug-likeness (QED) is 0.205. The van der Waals surface area contributed by atoms with Crippen LogP contribution in [0.3, 0.4) is 0 Å². The minimum Gasteiger partial charge on any atom is -0.465 e. The highest BCUT2D eigenvalue weighted by atomic mass is 16.5. The number of hydrogen-bond donors (Lipinski definition) is 0. The summed E-state index contributed by atoms with van der Waals surface area (Å²) in [6.45, 7) is 13.8. The van der Waals surface area contributed by atoms with E-state index in [0.717, 1.165) is 44.9 Å². The summed E-state index contributed by atoms with van der Waals surface area (Å²) in [5, 5.41) is 0. The molecule has 0 bridgehead atoms. The summed E-state index contributed by atoms with van der Waals surface area (Å²) in [5.41, 5.74) is 1.56. The molecular formula is C24H46O2. The Labute approximate surface area is 164 Å². The number of unbranched alkanes of at least 4 members (excludes halogenated alkanes) is 3. The molecule has 0 spiro atoms. The van der Waals surface area contributed by atoms with Crippen molar-refractivity contribution < 1.29 is 9.53 Å². The fourth-order valence-corrected chi connectivity index (χ4v) is 3.56. The van der Waals surface area contributed by atoms with E-state index < -0.39 is 0 Å². The molecule has 154 valence electrons. The van der Waals surface area contributed by atoms with Crippen molar-refractivity contribution >= 4 is 5.97 Å². The normalized spacial score (nSPS) is 15.5. The second-order valence-corrected chi connectivity index (χ2v) is 7.93. The molecule has 0 aromatic carbocycles. The van der Waals surface area contributed by atoms with Crippen LogP contribution in [0.2, 0.25) is 0 Å². The molecule has 2 heteroatoms. The van der Waals surface area contributed by atoms with Gasteiger partial charge in [0.1, 0.15) is 6.61 Å². The summed E-state index contributed by atoms with van der Waals surface area (Å²) in [6, 6.07) is 0. The zero-order chi connectivity index (χ0) is 19.8. The van der Waals surface area contributed by atoms with Crippen LogP contribution in [0.4, 0.5) is 0 Å². The molecule has 0 rings (SSSR count). The smallest absolute Gasteiger partial charge is 0.308 e. The molecule has 0 radical (unpaired) electrons. The maximum absolute atomic E-state index is 12.6. The van der Waals surface area contributed by atoms with Gasteiger partial charge in [0.25, 0.3) is 0 Å². The molecule has 0 aliphatic heterocycles. The summed E-state index contributed by atoms with van der Waals surface area (Å²) in [6.07, 6.45) is 15.9. The average molecular weight is 367 g/mol. The van der Waals surface area contributed by atoms with Crippen molar-refractivity contribution in [2.24, 2.45) is 11.3 Å². The third-order valence-corrected chi connectivity index (χ3v) is 5.78. The molecule has 0 aromatic rings. The molecule has 2 unspecified atom stereocenters. The highest BCUT2D eigenvalue weighted by molar-refractivity contribution is 5.72. The van der Waals surface area contributed by atoms with Crippen molar-refractivity contribution in [1.29, 1.82) is 0 Å². The van der Waals surface area contributed by atoms with Crippen molar-refractivity contribution in [3.05, 3.63) is 11.6 Å². The van der Waals surface area contributed by atoms with Gasteiger partial charge in [-0.25, -0.2) is 0 Å². The molecule has 0 aliphatic carbocycles. The van der Waals surface area contributed by atoms with Crippen LogP contribution in [-0.4, -0.2) is 12.6 Å². The Kier molecular flexibility index (Phi) is 14.8. The average Bonchev–Trinajstić information content (AvgIpc) is 2.67. The summed E-state index contributed by atoms with van der Waals surface area (Å²) in [4.78, 5) is 12.6. The fourth-order valence-electron chi connectivity index (χ4n) is 3.56. The fraction of sp³-hybridized carbons (Fsp3) is 0.875. The Hall–Kier alpha value is -0.790. The molecule has 2 nitrogen and oxygen atoms in total. The molecule has 0 saturated heterocycles. The van der Waals surface area contributed by atoms with Crippen molar-refractivity contribution in [3.8, 4) is 0 Å². The van der Waals surface area contributed by atoms with Gasteiger partial charge in [0.05, 0.1) is 5.92 Å². The monoisotopic (exact) mass is 366 g/mol. The Morgan fingerprint density at radius 2 is 1.62 bits per heavy atom. The Morgan fingerprint density at radius 1 is 0.962 bits per heavy atom. The van der Waals surface area contributed by atoms with E-state index in [2.05, 4.69) is 47.6 Å². The van der Waals surface area contributed by atoms with Crippen LogP contribution in [0, 0.1) is 11.3 Å². The minimum absolute atomic E-state index is 0.0216. The second kappa shape index (κ2) is 15.3. The first-order chi connectivity index (χ1) is 12.5. The molecule has 0 heterocycles. The van der Waals surface area contributed by atoms with Crippen LogP contribution in [0.25, 0.3) is 0 Å². The largest absolute Gasteiger partial charge is 0.465 e. The van der Waals surface area contributed by atoms with Gasteiger partial charge in [-0.05, 0) is 44.9 Å². The zero-order valence-electron chi connectivity index (χ0n) is 18.7. The first-order valence-corrected chi connectivity index (χ1v) is 11.4. The molecule has 26 heavy (non-hydrogen) atoms. The lowest BCUT2D eigenvalue weighted by molar-refractivity contribution is -0.152. The highest BCUT2D eigenvalue weighted by Gasteiger charge is 2.29. The Bertz CT molecular complexity index is 386. The van der Waals surface area contributed by atoms with Gasteiger partial charge in [0.2, 0.25) is 0 Å². The topological polar surface area (TPSA) is 26.3 Å². The van der Waals surface area contributed by atoms with E-state index >= 15 is 0 Å². The van der Waals surface area contributed by atoms with Crippen molar-refractivity contribution in [3.63, 3.8) is 0 Å². The number of carbonyl (C=O) groups is 1. The standard InChI is InChI=1S/C24H46O2/c1-7-13-16-21(10-4)19-24(12-6,18-15-9-3)20-26-23(25)22(11-5)17-14-8-2/h19,22H,7-18,20H2,1-6H3. The van der Waals surface area contributed by atoms with Crippen molar-refractivity contribution in [1.82, 2.24) is 0 Å². The van der Waals surface area contributed by atoms with Gasteiger partial charge in [0.15, 0.2) is 0 Å². The first-order valence-electron chi connectivity index (χ1n) is 11.4. The lowest BCUT2D eigenvalue weighted by atomic mass is 9.78. The molecule has 0 aliphatic rings. The molecule has 0 aromatic heterocycles. The van der Waals surface area contributed by atoms with Crippen molar-refractivity contribution in [2.75, 3.05) is 6.61 Å². The number of hydrogen-bond acceptors (Lipinski definition) is 2. The second-order valence-electron chi connectivity index (χ2n) is 7.93. The maximum atomic E-state index is 12.6. The molecular weight excluding hydrogens is 320 g/mol. The Balaban J connectivity index is 5.15. The third kappa shape index (κ3) is 9.78. The Morgan fingerprint density at radius 3 is 2.12 bits per heavy atom. The predicted molar refractivity (Wildman–Crippen MR) is 114 cm³/mol. The predicted octanol–water partition coefficient (Wildman–Crippen LogP) is 7.86. The van der Waals surface area contributed by atoms with Crippen molar-refractivity contribution in [2.45, 2.75) is 119 Å². The zero-order valence-corrected chi connectivity index (χ0v) is 18.7. The molecule has 0 saturated carbocycles. The van der Waals surface area contributed by atoms with E-state index in [9.17, 15) is 4.79 Å². The van der Waals surface area contributed by atoms with Crippen LogP contribution < -0.4 is 0 Å². The lowest BCUT2D eigenvalue weighted by Gasteiger charge is -2.31. The van der Waals surface area contributed by atoms with E-state index in [4.69, 9.17) is 4.74 Å². The molecule has 0 amide bonds. The molecule has 2 atom stereocenters. The summed E-state index contributed by atoms with van der Waals surface area (Å²) >= 11 is 0. The SMILES string of the molecule is CCCCC(=CC(CC)(CCCC)COC(=O)C(CC)CCCC)CC. The van der Waals surface area contributed by atoms with Gasteiger partial charge in [-0.15, -0.1) is 0 Å². The van der Waals surface area contributed by atoms with Gasteiger partial charge in [-0.1, -0.05) is 85.3 Å². The number of carbonyl (C=O) groups excluding carboxylic acids is 1. The van der Waals surface area contributed by atoms with Gasteiger partial charge in [0, 0.05) is 5.41 Å². The molecule has 0 N–H and O–H groups in total. The lowest BCUT2D eigenvalue weighted by Crippen LogP contribution is -2.29. The third-order valence-electron chi connectivity index (χ3n) is 5.78. The van der Waals surface area contributed by atoms with E-state index in [1.165, 1.54) is 32.1 Å². The first kappa shape index (κ1) is 25.2. The number of esters is 1. The van der Waals surface area contributed by atoms with E-state index in [0.29, 0.717) is 6.61 Å². The van der Waals surface area contributed by atoms with Gasteiger partial charge < -0.3 is 4.74 Å². The van der Waals surface area contributed by atoms with Crippen LogP contribution >= 0.6 is 0 Å². The highest BCUT2D eigenvalue weighted by Crippen LogP contribution is 2.34. The minimum atomic E-state index is 0.0216. The van der Waals surface area contributed by atoms with Gasteiger partial charge in [-0.2, -0.15) is 0 Å². The van der Waals surface area contributed by atoms with Crippen LogP contribution in [0.1, 0.15) is 119 Å².